The van der Waals surface area contributed by atoms with E-state index in [1.54, 1.807) is 0 Å². The van der Waals surface area contributed by atoms with Gasteiger partial charge in [-0.2, -0.15) is 0 Å². The number of carbonyl (C=O) groups excluding carboxylic acids is 1. The summed E-state index contributed by atoms with van der Waals surface area (Å²) < 4.78 is 0. The van der Waals surface area contributed by atoms with Crippen LogP contribution in [0.4, 0.5) is 0 Å². The number of likely N-dealkylation sites (tertiary alicyclic amines) is 1. The van der Waals surface area contributed by atoms with Gasteiger partial charge in [0, 0.05) is 26.1 Å². The van der Waals surface area contributed by atoms with E-state index in [0.717, 1.165) is 18.7 Å². The second-order valence-electron chi connectivity index (χ2n) is 4.61. The maximum atomic E-state index is 11.6. The molecule has 0 aliphatic carbocycles. The first-order valence-electron chi connectivity index (χ1n) is 5.74. The van der Waals surface area contributed by atoms with E-state index in [9.17, 15) is 4.79 Å². The highest BCUT2D eigenvalue weighted by atomic mass is 16.2. The van der Waals surface area contributed by atoms with E-state index < -0.39 is 0 Å². The maximum Gasteiger partial charge on any atom is 0.223 e. The Hall–Kier alpha value is -1.35. The van der Waals surface area contributed by atoms with Crippen molar-refractivity contribution in [2.45, 2.75) is 26.4 Å². The first-order chi connectivity index (χ1) is 7.69. The van der Waals surface area contributed by atoms with Gasteiger partial charge in [-0.05, 0) is 17.0 Å². The summed E-state index contributed by atoms with van der Waals surface area (Å²) in [7, 11) is 0. The molecule has 1 amide bonds. The standard InChI is InChI=1S/C13H18N2O/c1-10-5-13(16)15(8-10)9-12-4-2-3-11(6-12)7-14/h2-4,6,10H,5,7-9,14H2,1H3. The molecule has 3 heteroatoms. The topological polar surface area (TPSA) is 46.3 Å². The van der Waals surface area contributed by atoms with Crippen molar-refractivity contribution in [3.63, 3.8) is 0 Å². The van der Waals surface area contributed by atoms with Crippen LogP contribution < -0.4 is 5.73 Å². The lowest BCUT2D eigenvalue weighted by molar-refractivity contribution is -0.128. The van der Waals surface area contributed by atoms with Gasteiger partial charge in [0.1, 0.15) is 0 Å². The summed E-state index contributed by atoms with van der Waals surface area (Å²) in [5.41, 5.74) is 7.89. The van der Waals surface area contributed by atoms with Gasteiger partial charge in [-0.3, -0.25) is 4.79 Å². The molecule has 3 nitrogen and oxygen atoms in total. The van der Waals surface area contributed by atoms with Crippen LogP contribution >= 0.6 is 0 Å². The van der Waals surface area contributed by atoms with Crippen LogP contribution in [0.5, 0.6) is 0 Å². The first kappa shape index (κ1) is 11.1. The molecular weight excluding hydrogens is 200 g/mol. The van der Waals surface area contributed by atoms with Crippen LogP contribution in [0.15, 0.2) is 24.3 Å². The SMILES string of the molecule is CC1CC(=O)N(Cc2cccc(CN)c2)C1. The molecule has 0 spiro atoms. The third-order valence-electron chi connectivity index (χ3n) is 3.01. The number of rotatable bonds is 3. The van der Waals surface area contributed by atoms with Crippen molar-refractivity contribution in [2.24, 2.45) is 11.7 Å². The zero-order valence-electron chi connectivity index (χ0n) is 9.65. The van der Waals surface area contributed by atoms with Gasteiger partial charge in [0.2, 0.25) is 5.91 Å². The minimum Gasteiger partial charge on any atom is -0.338 e. The van der Waals surface area contributed by atoms with Crippen LogP contribution in [-0.2, 0) is 17.9 Å². The van der Waals surface area contributed by atoms with Gasteiger partial charge in [-0.25, -0.2) is 0 Å². The zero-order valence-corrected chi connectivity index (χ0v) is 9.65. The van der Waals surface area contributed by atoms with Crippen molar-refractivity contribution in [2.75, 3.05) is 6.54 Å². The maximum absolute atomic E-state index is 11.6. The Balaban J connectivity index is 2.06. The van der Waals surface area contributed by atoms with E-state index in [4.69, 9.17) is 5.73 Å². The van der Waals surface area contributed by atoms with Crippen LogP contribution in [0.2, 0.25) is 0 Å². The van der Waals surface area contributed by atoms with Gasteiger partial charge >= 0.3 is 0 Å². The van der Waals surface area contributed by atoms with Crippen molar-refractivity contribution in [3.8, 4) is 0 Å². The molecule has 1 aromatic rings. The van der Waals surface area contributed by atoms with Gasteiger partial charge in [-0.15, -0.1) is 0 Å². The number of nitrogens with zero attached hydrogens (tertiary/aromatic N) is 1. The van der Waals surface area contributed by atoms with Gasteiger partial charge in [0.05, 0.1) is 0 Å². The summed E-state index contributed by atoms with van der Waals surface area (Å²) in [4.78, 5) is 13.6. The van der Waals surface area contributed by atoms with Gasteiger partial charge in [-0.1, -0.05) is 31.2 Å². The van der Waals surface area contributed by atoms with Crippen LogP contribution in [0, 0.1) is 5.92 Å². The Bertz CT molecular complexity index is 389. The highest BCUT2D eigenvalue weighted by Gasteiger charge is 2.26. The molecular formula is C13H18N2O. The molecule has 1 aliphatic heterocycles. The van der Waals surface area contributed by atoms with Gasteiger partial charge in [0.15, 0.2) is 0 Å². The molecule has 1 heterocycles. The second kappa shape index (κ2) is 4.66. The van der Waals surface area contributed by atoms with Crippen molar-refractivity contribution in [1.82, 2.24) is 4.90 Å². The molecule has 0 aromatic heterocycles. The molecule has 1 atom stereocenters. The summed E-state index contributed by atoms with van der Waals surface area (Å²) in [6.07, 6.45) is 0.691. The number of benzene rings is 1. The summed E-state index contributed by atoms with van der Waals surface area (Å²) in [6, 6.07) is 8.14. The molecule has 1 aromatic carbocycles. The summed E-state index contributed by atoms with van der Waals surface area (Å²) >= 11 is 0. The number of carbonyl (C=O) groups is 1. The van der Waals surface area contributed by atoms with Gasteiger partial charge < -0.3 is 10.6 Å². The van der Waals surface area contributed by atoms with Crippen molar-refractivity contribution >= 4 is 5.91 Å². The number of amides is 1. The summed E-state index contributed by atoms with van der Waals surface area (Å²) in [6.45, 7) is 4.27. The number of hydrogen-bond donors (Lipinski definition) is 1. The monoisotopic (exact) mass is 218 g/mol. The Morgan fingerprint density at radius 3 is 2.81 bits per heavy atom. The van der Waals surface area contributed by atoms with E-state index in [0.29, 0.717) is 18.9 Å². The minimum atomic E-state index is 0.269. The second-order valence-corrected chi connectivity index (χ2v) is 4.61. The van der Waals surface area contributed by atoms with Crippen molar-refractivity contribution < 1.29 is 4.79 Å². The minimum absolute atomic E-state index is 0.269. The predicted octanol–water partition coefficient (Wildman–Crippen LogP) is 1.51. The molecule has 2 N–H and O–H groups in total. The molecule has 0 saturated carbocycles. The lowest BCUT2D eigenvalue weighted by atomic mass is 10.1. The lowest BCUT2D eigenvalue weighted by Gasteiger charge is -2.16. The van der Waals surface area contributed by atoms with Crippen LogP contribution in [0.25, 0.3) is 0 Å². The predicted molar refractivity (Wildman–Crippen MR) is 63.5 cm³/mol. The van der Waals surface area contributed by atoms with Crippen molar-refractivity contribution in [1.29, 1.82) is 0 Å². The molecule has 0 radical (unpaired) electrons. The van der Waals surface area contributed by atoms with E-state index in [2.05, 4.69) is 19.1 Å². The molecule has 0 bridgehead atoms. The fourth-order valence-electron chi connectivity index (χ4n) is 2.20. The Morgan fingerprint density at radius 2 is 2.19 bits per heavy atom. The average Bonchev–Trinajstić information content (AvgIpc) is 2.58. The fourth-order valence-corrected chi connectivity index (χ4v) is 2.20. The number of nitrogens with two attached hydrogens (primary N) is 1. The highest BCUT2D eigenvalue weighted by molar-refractivity contribution is 5.78. The largest absolute Gasteiger partial charge is 0.338 e. The summed E-state index contributed by atoms with van der Waals surface area (Å²) in [5, 5.41) is 0. The van der Waals surface area contributed by atoms with E-state index in [1.165, 1.54) is 5.56 Å². The van der Waals surface area contributed by atoms with Crippen LogP contribution in [0.3, 0.4) is 0 Å². The molecule has 2 rings (SSSR count). The zero-order chi connectivity index (χ0) is 11.5. The highest BCUT2D eigenvalue weighted by Crippen LogP contribution is 2.19. The third-order valence-corrected chi connectivity index (χ3v) is 3.01. The lowest BCUT2D eigenvalue weighted by Crippen LogP contribution is -2.24. The Kier molecular flexibility index (Phi) is 3.25. The first-order valence-corrected chi connectivity index (χ1v) is 5.74. The average molecular weight is 218 g/mol. The molecule has 1 aliphatic rings. The quantitative estimate of drug-likeness (QED) is 0.836. The van der Waals surface area contributed by atoms with Crippen LogP contribution in [-0.4, -0.2) is 17.4 Å². The third kappa shape index (κ3) is 2.42. The van der Waals surface area contributed by atoms with E-state index in [-0.39, 0.29) is 5.91 Å². The Morgan fingerprint density at radius 1 is 1.44 bits per heavy atom. The molecule has 1 fully saturated rings. The van der Waals surface area contributed by atoms with Crippen molar-refractivity contribution in [3.05, 3.63) is 35.4 Å². The Labute approximate surface area is 96.2 Å². The van der Waals surface area contributed by atoms with E-state index in [1.807, 2.05) is 17.0 Å². The van der Waals surface area contributed by atoms with Crippen LogP contribution in [0.1, 0.15) is 24.5 Å². The van der Waals surface area contributed by atoms with E-state index >= 15 is 0 Å². The molecule has 1 unspecified atom stereocenters. The molecule has 86 valence electrons. The van der Waals surface area contributed by atoms with Gasteiger partial charge in [0.25, 0.3) is 0 Å². The summed E-state index contributed by atoms with van der Waals surface area (Å²) in [5.74, 6) is 0.760. The molecule has 1 saturated heterocycles. The molecule has 16 heavy (non-hydrogen) atoms. The fraction of sp³-hybridized carbons (Fsp3) is 0.462. The smallest absolute Gasteiger partial charge is 0.223 e. The number of hydrogen-bond acceptors (Lipinski definition) is 2. The normalized spacial score (nSPS) is 20.5.